The smallest absolute Gasteiger partial charge is 0.280 e. The van der Waals surface area contributed by atoms with Crippen molar-refractivity contribution in [3.63, 3.8) is 0 Å². The van der Waals surface area contributed by atoms with E-state index in [4.69, 9.17) is 5.26 Å². The highest BCUT2D eigenvalue weighted by Crippen LogP contribution is 2.40. The van der Waals surface area contributed by atoms with Gasteiger partial charge in [-0.15, -0.1) is 0 Å². The fourth-order valence-corrected chi connectivity index (χ4v) is 2.35. The molecule has 1 amide bonds. The lowest BCUT2D eigenvalue weighted by Gasteiger charge is -2.09. The summed E-state index contributed by atoms with van der Waals surface area (Å²) in [5.41, 5.74) is 1.03. The standard InChI is InChI=1S/C16H14F2N4O/c17-16(18)14-7-13(10-5-6-10)21-22(14)9-15(23)20-12-4-2-1-3-11(12)8-19/h1-4,7,10,16H,5-6,9H2,(H,20,23). The first-order chi connectivity index (χ1) is 11.1. The van der Waals surface area contributed by atoms with Crippen LogP contribution < -0.4 is 5.32 Å². The van der Waals surface area contributed by atoms with Gasteiger partial charge in [0.25, 0.3) is 6.43 Å². The molecule has 1 aliphatic rings. The fraction of sp³-hybridized carbons (Fsp3) is 0.312. The van der Waals surface area contributed by atoms with E-state index in [2.05, 4.69) is 10.4 Å². The van der Waals surface area contributed by atoms with Crippen molar-refractivity contribution in [2.45, 2.75) is 31.7 Å². The molecule has 23 heavy (non-hydrogen) atoms. The molecule has 1 heterocycles. The summed E-state index contributed by atoms with van der Waals surface area (Å²) in [6.45, 7) is -0.313. The Morgan fingerprint density at radius 2 is 2.17 bits per heavy atom. The molecule has 2 aromatic rings. The molecule has 0 aliphatic heterocycles. The predicted octanol–water partition coefficient (Wildman–Crippen LogP) is 3.21. The maximum atomic E-state index is 13.1. The summed E-state index contributed by atoms with van der Waals surface area (Å²) in [5, 5.41) is 15.7. The molecular weight excluding hydrogens is 302 g/mol. The van der Waals surface area contributed by atoms with Crippen LogP contribution in [0.5, 0.6) is 0 Å². The molecule has 118 valence electrons. The summed E-state index contributed by atoms with van der Waals surface area (Å²) < 4.78 is 27.2. The van der Waals surface area contributed by atoms with Gasteiger partial charge < -0.3 is 5.32 Å². The van der Waals surface area contributed by atoms with Gasteiger partial charge in [0.1, 0.15) is 18.3 Å². The first kappa shape index (κ1) is 15.2. The number of para-hydroxylation sites is 1. The van der Waals surface area contributed by atoms with E-state index < -0.39 is 12.3 Å². The highest BCUT2D eigenvalue weighted by molar-refractivity contribution is 5.91. The fourth-order valence-electron chi connectivity index (χ4n) is 2.35. The van der Waals surface area contributed by atoms with E-state index in [1.54, 1.807) is 24.3 Å². The van der Waals surface area contributed by atoms with Gasteiger partial charge in [0.05, 0.1) is 16.9 Å². The number of benzene rings is 1. The first-order valence-corrected chi connectivity index (χ1v) is 7.23. The van der Waals surface area contributed by atoms with Crippen molar-refractivity contribution >= 4 is 11.6 Å². The number of nitrogens with one attached hydrogen (secondary N) is 1. The van der Waals surface area contributed by atoms with Crippen molar-refractivity contribution in [3.8, 4) is 6.07 Å². The Morgan fingerprint density at radius 1 is 1.43 bits per heavy atom. The second-order valence-electron chi connectivity index (χ2n) is 5.43. The Morgan fingerprint density at radius 3 is 2.83 bits per heavy atom. The number of amides is 1. The zero-order chi connectivity index (χ0) is 16.4. The molecule has 0 unspecified atom stereocenters. The number of anilines is 1. The zero-order valence-electron chi connectivity index (χ0n) is 12.2. The molecule has 7 heteroatoms. The van der Waals surface area contributed by atoms with Gasteiger partial charge in [0.2, 0.25) is 5.91 Å². The Kier molecular flexibility index (Phi) is 4.06. The third-order valence-electron chi connectivity index (χ3n) is 3.66. The van der Waals surface area contributed by atoms with Gasteiger partial charge in [-0.3, -0.25) is 9.48 Å². The van der Waals surface area contributed by atoms with Gasteiger partial charge in [-0.05, 0) is 31.0 Å². The maximum absolute atomic E-state index is 13.1. The second kappa shape index (κ2) is 6.16. The van der Waals surface area contributed by atoms with Crippen molar-refractivity contribution in [1.29, 1.82) is 5.26 Å². The monoisotopic (exact) mass is 316 g/mol. The Bertz CT molecular complexity index is 775. The number of nitriles is 1. The van der Waals surface area contributed by atoms with E-state index in [1.807, 2.05) is 6.07 Å². The largest absolute Gasteiger partial charge is 0.323 e. The van der Waals surface area contributed by atoms with Crippen molar-refractivity contribution in [1.82, 2.24) is 9.78 Å². The van der Waals surface area contributed by atoms with Crippen molar-refractivity contribution in [2.24, 2.45) is 0 Å². The number of alkyl halides is 2. The van der Waals surface area contributed by atoms with Gasteiger partial charge in [0, 0.05) is 5.92 Å². The number of carbonyl (C=O) groups is 1. The van der Waals surface area contributed by atoms with Crippen molar-refractivity contribution in [2.75, 3.05) is 5.32 Å². The molecule has 0 bridgehead atoms. The normalized spacial score (nSPS) is 13.8. The zero-order valence-corrected chi connectivity index (χ0v) is 12.2. The maximum Gasteiger partial charge on any atom is 0.280 e. The molecule has 0 radical (unpaired) electrons. The molecule has 3 rings (SSSR count). The van der Waals surface area contributed by atoms with Crippen LogP contribution in [0.25, 0.3) is 0 Å². The minimum Gasteiger partial charge on any atom is -0.323 e. The predicted molar refractivity (Wildman–Crippen MR) is 78.9 cm³/mol. The van der Waals surface area contributed by atoms with Crippen molar-refractivity contribution in [3.05, 3.63) is 47.3 Å². The van der Waals surface area contributed by atoms with Crippen LogP contribution in [0.15, 0.2) is 30.3 Å². The van der Waals surface area contributed by atoms with Gasteiger partial charge in [-0.1, -0.05) is 12.1 Å². The highest BCUT2D eigenvalue weighted by Gasteiger charge is 2.29. The number of nitrogens with zero attached hydrogens (tertiary/aromatic N) is 3. The molecule has 1 N–H and O–H groups in total. The third kappa shape index (κ3) is 3.37. The lowest BCUT2D eigenvalue weighted by molar-refractivity contribution is -0.117. The van der Waals surface area contributed by atoms with E-state index in [-0.39, 0.29) is 18.2 Å². The Labute approximate surface area is 131 Å². The SMILES string of the molecule is N#Cc1ccccc1NC(=O)Cn1nc(C2CC2)cc1C(F)F. The molecule has 1 saturated carbocycles. The molecule has 1 aromatic heterocycles. The van der Waals surface area contributed by atoms with Crippen LogP contribution in [0.3, 0.4) is 0 Å². The van der Waals surface area contributed by atoms with Crippen LogP contribution in [-0.2, 0) is 11.3 Å². The minimum atomic E-state index is -2.69. The number of carbonyl (C=O) groups excluding carboxylic acids is 1. The van der Waals surface area contributed by atoms with Crippen LogP contribution in [0.1, 0.15) is 42.1 Å². The molecule has 5 nitrogen and oxygen atoms in total. The first-order valence-electron chi connectivity index (χ1n) is 7.23. The minimum absolute atomic E-state index is 0.233. The Balaban J connectivity index is 1.76. The second-order valence-corrected chi connectivity index (χ2v) is 5.43. The summed E-state index contributed by atoms with van der Waals surface area (Å²) in [7, 11) is 0. The number of aromatic nitrogens is 2. The van der Waals surface area contributed by atoms with Gasteiger partial charge >= 0.3 is 0 Å². The Hall–Kier alpha value is -2.75. The number of halogens is 2. The van der Waals surface area contributed by atoms with Crippen LogP contribution in [0.2, 0.25) is 0 Å². The summed E-state index contributed by atoms with van der Waals surface area (Å²) in [4.78, 5) is 12.1. The van der Waals surface area contributed by atoms with Crippen LogP contribution in [0, 0.1) is 11.3 Å². The lowest BCUT2D eigenvalue weighted by Crippen LogP contribution is -2.21. The van der Waals surface area contributed by atoms with Crippen LogP contribution in [0.4, 0.5) is 14.5 Å². The molecule has 1 aromatic carbocycles. The summed E-state index contributed by atoms with van der Waals surface area (Å²) in [6, 6.07) is 9.85. The molecule has 0 atom stereocenters. The lowest BCUT2D eigenvalue weighted by atomic mass is 10.2. The van der Waals surface area contributed by atoms with E-state index in [1.165, 1.54) is 6.07 Å². The topological polar surface area (TPSA) is 70.7 Å². The number of hydrogen-bond donors (Lipinski definition) is 1. The van der Waals surface area contributed by atoms with Gasteiger partial charge in [0.15, 0.2) is 0 Å². The molecule has 0 spiro atoms. The van der Waals surface area contributed by atoms with Crippen LogP contribution in [-0.4, -0.2) is 15.7 Å². The number of rotatable bonds is 5. The highest BCUT2D eigenvalue weighted by atomic mass is 19.3. The van der Waals surface area contributed by atoms with Crippen molar-refractivity contribution < 1.29 is 13.6 Å². The summed E-state index contributed by atoms with van der Waals surface area (Å²) in [5.74, 6) is -0.267. The van der Waals surface area contributed by atoms with E-state index in [0.29, 0.717) is 16.9 Å². The molecular formula is C16H14F2N4O. The average molecular weight is 316 g/mol. The average Bonchev–Trinajstić information content (AvgIpc) is 3.29. The van der Waals surface area contributed by atoms with E-state index in [9.17, 15) is 13.6 Å². The van der Waals surface area contributed by atoms with E-state index >= 15 is 0 Å². The quantitative estimate of drug-likeness (QED) is 0.920. The molecule has 1 aliphatic carbocycles. The van der Waals surface area contributed by atoms with Gasteiger partial charge in [-0.25, -0.2) is 8.78 Å². The summed E-state index contributed by atoms with van der Waals surface area (Å²) >= 11 is 0. The third-order valence-corrected chi connectivity index (χ3v) is 3.66. The number of hydrogen-bond acceptors (Lipinski definition) is 3. The van der Waals surface area contributed by atoms with Crippen LogP contribution >= 0.6 is 0 Å². The molecule has 1 fully saturated rings. The molecule has 0 saturated heterocycles. The summed E-state index contributed by atoms with van der Waals surface area (Å²) in [6.07, 6.45) is -0.794. The van der Waals surface area contributed by atoms with Gasteiger partial charge in [-0.2, -0.15) is 10.4 Å². The van der Waals surface area contributed by atoms with E-state index in [0.717, 1.165) is 17.5 Å².